The Morgan fingerprint density at radius 1 is 0.844 bits per heavy atom. The summed E-state index contributed by atoms with van der Waals surface area (Å²) in [6.45, 7) is 0.508. The van der Waals surface area contributed by atoms with Crippen LogP contribution in [0.3, 0.4) is 0 Å². The van der Waals surface area contributed by atoms with Crippen LogP contribution in [-0.2, 0) is 17.8 Å². The summed E-state index contributed by atoms with van der Waals surface area (Å²) in [7, 11) is 0. The molecule has 4 heteroatoms. The molecule has 0 aliphatic carbocycles. The van der Waals surface area contributed by atoms with Gasteiger partial charge in [0.25, 0.3) is 0 Å². The van der Waals surface area contributed by atoms with Crippen LogP contribution in [0.15, 0.2) is 102 Å². The number of hydrogen-bond acceptors (Lipinski definition) is 3. The molecule has 0 saturated carbocycles. The highest BCUT2D eigenvalue weighted by molar-refractivity contribution is 5.85. The van der Waals surface area contributed by atoms with E-state index in [1.807, 2.05) is 54.6 Å². The third-order valence-corrected chi connectivity index (χ3v) is 5.27. The van der Waals surface area contributed by atoms with E-state index in [0.29, 0.717) is 13.0 Å². The van der Waals surface area contributed by atoms with E-state index in [1.54, 1.807) is 6.21 Å². The highest BCUT2D eigenvalue weighted by Crippen LogP contribution is 2.21. The van der Waals surface area contributed by atoms with E-state index in [1.165, 1.54) is 16.3 Å². The number of nitrogens with one attached hydrogen (secondary N) is 1. The molecule has 0 bridgehead atoms. The van der Waals surface area contributed by atoms with E-state index in [2.05, 4.69) is 53.0 Å². The molecule has 4 aromatic rings. The second-order valence-electron chi connectivity index (χ2n) is 7.63. The van der Waals surface area contributed by atoms with Gasteiger partial charge in [-0.2, -0.15) is 5.10 Å². The van der Waals surface area contributed by atoms with Crippen LogP contribution in [0.4, 0.5) is 0 Å². The van der Waals surface area contributed by atoms with Gasteiger partial charge in [0.1, 0.15) is 12.4 Å². The van der Waals surface area contributed by atoms with E-state index in [4.69, 9.17) is 4.74 Å². The SMILES string of the molecule is O=C(CCCc1ccccc1)N/N=C/c1ccc(OCc2cccc3ccccc23)cc1. The quantitative estimate of drug-likeness (QED) is 0.270. The largest absolute Gasteiger partial charge is 0.489 e. The number of hydrazone groups is 1. The highest BCUT2D eigenvalue weighted by Gasteiger charge is 2.02. The van der Waals surface area contributed by atoms with Crippen molar-refractivity contribution in [3.05, 3.63) is 114 Å². The van der Waals surface area contributed by atoms with Crippen molar-refractivity contribution >= 4 is 22.9 Å². The van der Waals surface area contributed by atoms with Crippen LogP contribution in [0.25, 0.3) is 10.8 Å². The number of carbonyl (C=O) groups is 1. The predicted octanol–water partition coefficient (Wildman–Crippen LogP) is 5.89. The maximum atomic E-state index is 11.9. The fourth-order valence-corrected chi connectivity index (χ4v) is 3.56. The third-order valence-electron chi connectivity index (χ3n) is 5.27. The molecule has 1 amide bonds. The molecule has 0 atom stereocenters. The Morgan fingerprint density at radius 3 is 2.44 bits per heavy atom. The molecule has 0 heterocycles. The number of nitrogens with zero attached hydrogens (tertiary/aromatic N) is 1. The molecule has 1 N–H and O–H groups in total. The number of benzene rings is 4. The number of aryl methyl sites for hydroxylation is 1. The fraction of sp³-hybridized carbons (Fsp3) is 0.143. The van der Waals surface area contributed by atoms with Gasteiger partial charge >= 0.3 is 0 Å². The molecule has 0 aromatic heterocycles. The number of ether oxygens (including phenoxy) is 1. The molecular formula is C28H26N2O2. The molecule has 0 aliphatic heterocycles. The van der Waals surface area contributed by atoms with Gasteiger partial charge < -0.3 is 4.74 Å². The van der Waals surface area contributed by atoms with E-state index in [0.717, 1.165) is 29.7 Å². The minimum atomic E-state index is -0.0766. The molecular weight excluding hydrogens is 396 g/mol. The summed E-state index contributed by atoms with van der Waals surface area (Å²) < 4.78 is 5.96. The predicted molar refractivity (Wildman–Crippen MR) is 130 cm³/mol. The van der Waals surface area contributed by atoms with Crippen molar-refractivity contribution < 1.29 is 9.53 Å². The Kier molecular flexibility index (Phi) is 7.27. The van der Waals surface area contributed by atoms with Gasteiger partial charge in [-0.05, 0) is 64.6 Å². The van der Waals surface area contributed by atoms with E-state index < -0.39 is 0 Å². The van der Waals surface area contributed by atoms with E-state index >= 15 is 0 Å². The Balaban J connectivity index is 1.22. The summed E-state index contributed by atoms with van der Waals surface area (Å²) in [6, 6.07) is 32.4. The lowest BCUT2D eigenvalue weighted by atomic mass is 10.1. The van der Waals surface area contributed by atoms with Gasteiger partial charge in [0, 0.05) is 6.42 Å². The normalized spacial score (nSPS) is 11.0. The van der Waals surface area contributed by atoms with Gasteiger partial charge in [-0.3, -0.25) is 4.79 Å². The summed E-state index contributed by atoms with van der Waals surface area (Å²) in [5, 5.41) is 6.48. The monoisotopic (exact) mass is 422 g/mol. The minimum absolute atomic E-state index is 0.0766. The summed E-state index contributed by atoms with van der Waals surface area (Å²) in [5.74, 6) is 0.715. The smallest absolute Gasteiger partial charge is 0.240 e. The second-order valence-corrected chi connectivity index (χ2v) is 7.63. The molecule has 4 aromatic carbocycles. The summed E-state index contributed by atoms with van der Waals surface area (Å²) >= 11 is 0. The van der Waals surface area contributed by atoms with Gasteiger partial charge in [-0.25, -0.2) is 5.43 Å². The first kappa shape index (κ1) is 21.3. The van der Waals surface area contributed by atoms with Gasteiger partial charge in [0.2, 0.25) is 5.91 Å². The average Bonchev–Trinajstić information content (AvgIpc) is 2.84. The number of rotatable bonds is 9. The number of hydrogen-bond donors (Lipinski definition) is 1. The molecule has 0 fully saturated rings. The molecule has 32 heavy (non-hydrogen) atoms. The minimum Gasteiger partial charge on any atom is -0.489 e. The van der Waals surface area contributed by atoms with Crippen molar-refractivity contribution in [2.45, 2.75) is 25.9 Å². The molecule has 0 aliphatic rings. The van der Waals surface area contributed by atoms with Gasteiger partial charge in [-0.1, -0.05) is 72.8 Å². The van der Waals surface area contributed by atoms with Gasteiger partial charge in [-0.15, -0.1) is 0 Å². The highest BCUT2D eigenvalue weighted by atomic mass is 16.5. The molecule has 0 radical (unpaired) electrons. The lowest BCUT2D eigenvalue weighted by Crippen LogP contribution is -2.17. The van der Waals surface area contributed by atoms with E-state index in [9.17, 15) is 4.79 Å². The average molecular weight is 423 g/mol. The zero-order chi connectivity index (χ0) is 22.0. The Labute approximate surface area is 188 Å². The van der Waals surface area contributed by atoms with Crippen molar-refractivity contribution in [2.75, 3.05) is 0 Å². The molecule has 4 rings (SSSR count). The molecule has 0 unspecified atom stereocenters. The van der Waals surface area contributed by atoms with Crippen molar-refractivity contribution in [3.8, 4) is 5.75 Å². The van der Waals surface area contributed by atoms with E-state index in [-0.39, 0.29) is 5.91 Å². The van der Waals surface area contributed by atoms with Crippen molar-refractivity contribution in [3.63, 3.8) is 0 Å². The molecule has 4 nitrogen and oxygen atoms in total. The van der Waals surface area contributed by atoms with Crippen LogP contribution in [0.1, 0.15) is 29.5 Å². The van der Waals surface area contributed by atoms with Crippen LogP contribution in [0.5, 0.6) is 5.75 Å². The van der Waals surface area contributed by atoms with Crippen LogP contribution in [0.2, 0.25) is 0 Å². The molecule has 0 saturated heterocycles. The Morgan fingerprint density at radius 2 is 1.59 bits per heavy atom. The standard InChI is InChI=1S/C28H26N2O2/c31-28(15-6-10-22-8-2-1-3-9-22)30-29-20-23-16-18-26(19-17-23)32-21-25-13-7-12-24-11-4-5-14-27(24)25/h1-5,7-9,11-14,16-20H,6,10,15,21H2,(H,30,31)/b29-20+. The fourth-order valence-electron chi connectivity index (χ4n) is 3.56. The zero-order valence-corrected chi connectivity index (χ0v) is 17.9. The third kappa shape index (κ3) is 6.05. The number of amides is 1. The summed E-state index contributed by atoms with van der Waals surface area (Å²) in [6.07, 6.45) is 3.78. The van der Waals surface area contributed by atoms with Crippen molar-refractivity contribution in [2.24, 2.45) is 5.10 Å². The lowest BCUT2D eigenvalue weighted by Gasteiger charge is -2.09. The Hall–Kier alpha value is -3.92. The lowest BCUT2D eigenvalue weighted by molar-refractivity contribution is -0.121. The van der Waals surface area contributed by atoms with Crippen LogP contribution in [-0.4, -0.2) is 12.1 Å². The van der Waals surface area contributed by atoms with Crippen LogP contribution >= 0.6 is 0 Å². The summed E-state index contributed by atoms with van der Waals surface area (Å²) in [4.78, 5) is 11.9. The summed E-state index contributed by atoms with van der Waals surface area (Å²) in [5.41, 5.74) is 5.89. The first-order chi connectivity index (χ1) is 15.8. The van der Waals surface area contributed by atoms with Crippen molar-refractivity contribution in [1.29, 1.82) is 0 Å². The van der Waals surface area contributed by atoms with Gasteiger partial charge in [0.05, 0.1) is 6.21 Å². The maximum Gasteiger partial charge on any atom is 0.240 e. The van der Waals surface area contributed by atoms with Crippen LogP contribution < -0.4 is 10.2 Å². The topological polar surface area (TPSA) is 50.7 Å². The van der Waals surface area contributed by atoms with Crippen LogP contribution in [0, 0.1) is 0 Å². The first-order valence-corrected chi connectivity index (χ1v) is 10.8. The second kappa shape index (κ2) is 10.9. The maximum absolute atomic E-state index is 11.9. The van der Waals surface area contributed by atoms with Crippen molar-refractivity contribution in [1.82, 2.24) is 5.43 Å². The number of fused-ring (bicyclic) bond motifs is 1. The Bertz CT molecular complexity index is 1180. The number of carbonyl (C=O) groups excluding carboxylic acids is 1. The van der Waals surface area contributed by atoms with Gasteiger partial charge in [0.15, 0.2) is 0 Å². The first-order valence-electron chi connectivity index (χ1n) is 10.8. The molecule has 0 spiro atoms. The molecule has 160 valence electrons. The zero-order valence-electron chi connectivity index (χ0n) is 17.9.